The lowest BCUT2D eigenvalue weighted by molar-refractivity contribution is 0.127. The van der Waals surface area contributed by atoms with E-state index >= 15 is 0 Å². The average molecular weight is 361 g/mol. The van der Waals surface area contributed by atoms with Crippen molar-refractivity contribution in [3.8, 4) is 0 Å². The SMILES string of the molecule is C=CC1CCC(C2CCC(c3ccc(C)c(F)c3F)CC2)CC1C[CH-]N. The van der Waals surface area contributed by atoms with Crippen LogP contribution in [0, 0.1) is 48.8 Å². The second kappa shape index (κ2) is 8.65. The standard InChI is InChI=1S/C23H32F2N/c1-3-16-5-10-19(14-20(16)12-13-26)17-6-8-18(9-7-17)21-11-4-15(2)22(24)23(21)25/h3-4,11,13,16-20H,1,5-10,12,14,26H2,2H3/q-1. The molecule has 1 aromatic rings. The Morgan fingerprint density at radius 1 is 1.08 bits per heavy atom. The second-order valence-corrected chi connectivity index (χ2v) is 8.42. The number of hydrogen-bond acceptors (Lipinski definition) is 1. The highest BCUT2D eigenvalue weighted by Gasteiger charge is 2.34. The van der Waals surface area contributed by atoms with Crippen LogP contribution in [-0.2, 0) is 0 Å². The van der Waals surface area contributed by atoms with Gasteiger partial charge >= 0.3 is 0 Å². The topological polar surface area (TPSA) is 26.0 Å². The molecule has 3 rings (SSSR count). The summed E-state index contributed by atoms with van der Waals surface area (Å²) in [5.74, 6) is 1.54. The zero-order valence-electron chi connectivity index (χ0n) is 15.9. The Labute approximate surface area is 157 Å². The summed E-state index contributed by atoms with van der Waals surface area (Å²) in [7, 11) is 0. The molecule has 0 bridgehead atoms. The first-order valence-electron chi connectivity index (χ1n) is 10.2. The minimum atomic E-state index is -0.673. The minimum Gasteiger partial charge on any atom is -0.483 e. The first-order valence-corrected chi connectivity index (χ1v) is 10.2. The summed E-state index contributed by atoms with van der Waals surface area (Å²) in [6.45, 7) is 7.42. The fourth-order valence-corrected chi connectivity index (χ4v) is 5.39. The summed E-state index contributed by atoms with van der Waals surface area (Å²) < 4.78 is 28.2. The van der Waals surface area contributed by atoms with E-state index in [1.165, 1.54) is 19.3 Å². The molecule has 1 aromatic carbocycles. The number of rotatable bonds is 5. The van der Waals surface area contributed by atoms with Crippen molar-refractivity contribution in [1.82, 2.24) is 0 Å². The van der Waals surface area contributed by atoms with E-state index in [0.717, 1.165) is 43.9 Å². The molecule has 3 unspecified atom stereocenters. The largest absolute Gasteiger partial charge is 0.483 e. The van der Waals surface area contributed by atoms with Gasteiger partial charge in [0.1, 0.15) is 0 Å². The van der Waals surface area contributed by atoms with Gasteiger partial charge in [0, 0.05) is 0 Å². The molecule has 0 saturated heterocycles. The molecule has 0 radical (unpaired) electrons. The molecule has 0 amide bonds. The summed E-state index contributed by atoms with van der Waals surface area (Å²) in [5.41, 5.74) is 6.67. The number of halogens is 2. The normalized spacial score (nSPS) is 32.4. The average Bonchev–Trinajstić information content (AvgIpc) is 2.67. The van der Waals surface area contributed by atoms with Gasteiger partial charge in [-0.1, -0.05) is 24.1 Å². The van der Waals surface area contributed by atoms with Gasteiger partial charge in [0.25, 0.3) is 0 Å². The molecular formula is C23H32F2N-. The number of allylic oxidation sites excluding steroid dienone is 1. The van der Waals surface area contributed by atoms with E-state index in [1.54, 1.807) is 25.6 Å². The Morgan fingerprint density at radius 3 is 2.42 bits per heavy atom. The van der Waals surface area contributed by atoms with Gasteiger partial charge in [-0.25, -0.2) is 8.78 Å². The Balaban J connectivity index is 1.60. The lowest BCUT2D eigenvalue weighted by atomic mass is 9.64. The monoisotopic (exact) mass is 360 g/mol. The van der Waals surface area contributed by atoms with Gasteiger partial charge in [-0.2, -0.15) is 6.42 Å². The van der Waals surface area contributed by atoms with Gasteiger partial charge in [0.2, 0.25) is 0 Å². The lowest BCUT2D eigenvalue weighted by Gasteiger charge is -2.42. The van der Waals surface area contributed by atoms with E-state index in [1.807, 2.05) is 0 Å². The number of nitrogens with two attached hydrogens (primary N) is 1. The van der Waals surface area contributed by atoms with Crippen LogP contribution in [0.4, 0.5) is 8.78 Å². The summed E-state index contributed by atoms with van der Waals surface area (Å²) in [4.78, 5) is 0. The molecule has 3 atom stereocenters. The van der Waals surface area contributed by atoms with Crippen LogP contribution in [0.2, 0.25) is 0 Å². The van der Waals surface area contributed by atoms with Crippen molar-refractivity contribution in [2.45, 2.75) is 64.2 Å². The Morgan fingerprint density at radius 2 is 1.77 bits per heavy atom. The van der Waals surface area contributed by atoms with Crippen molar-refractivity contribution in [2.75, 3.05) is 0 Å². The maximum atomic E-state index is 14.3. The third-order valence-electron chi connectivity index (χ3n) is 7.01. The molecule has 144 valence electrons. The van der Waals surface area contributed by atoms with Crippen LogP contribution in [0.15, 0.2) is 24.8 Å². The van der Waals surface area contributed by atoms with E-state index in [0.29, 0.717) is 23.0 Å². The highest BCUT2D eigenvalue weighted by atomic mass is 19.2. The molecule has 2 N–H and O–H groups in total. The van der Waals surface area contributed by atoms with E-state index in [4.69, 9.17) is 5.73 Å². The van der Waals surface area contributed by atoms with Gasteiger partial charge < -0.3 is 5.73 Å². The van der Waals surface area contributed by atoms with Gasteiger partial charge in [-0.3, -0.25) is 6.54 Å². The van der Waals surface area contributed by atoms with E-state index in [2.05, 4.69) is 12.7 Å². The highest BCUT2D eigenvalue weighted by Crippen LogP contribution is 2.46. The zero-order valence-corrected chi connectivity index (χ0v) is 15.9. The maximum absolute atomic E-state index is 14.3. The smallest absolute Gasteiger partial charge is 0.162 e. The molecule has 1 nitrogen and oxygen atoms in total. The molecule has 0 aliphatic heterocycles. The van der Waals surface area contributed by atoms with Crippen molar-refractivity contribution in [2.24, 2.45) is 29.4 Å². The van der Waals surface area contributed by atoms with Gasteiger partial charge in [0.15, 0.2) is 11.6 Å². The first kappa shape index (κ1) is 19.5. The lowest BCUT2D eigenvalue weighted by Crippen LogP contribution is -2.30. The third kappa shape index (κ3) is 4.03. The van der Waals surface area contributed by atoms with Crippen LogP contribution in [0.1, 0.15) is 68.4 Å². The molecule has 0 aromatic heterocycles. The molecule has 0 spiro atoms. The molecule has 2 aliphatic carbocycles. The second-order valence-electron chi connectivity index (χ2n) is 8.42. The van der Waals surface area contributed by atoms with Crippen molar-refractivity contribution in [1.29, 1.82) is 0 Å². The number of hydrogen-bond donors (Lipinski definition) is 1. The van der Waals surface area contributed by atoms with Crippen LogP contribution in [-0.4, -0.2) is 0 Å². The van der Waals surface area contributed by atoms with Gasteiger partial charge in [0.05, 0.1) is 0 Å². The molecule has 2 fully saturated rings. The third-order valence-corrected chi connectivity index (χ3v) is 7.01. The fourth-order valence-electron chi connectivity index (χ4n) is 5.39. The quantitative estimate of drug-likeness (QED) is 0.485. The van der Waals surface area contributed by atoms with Crippen molar-refractivity contribution in [3.05, 3.63) is 54.1 Å². The zero-order chi connectivity index (χ0) is 18.7. The predicted molar refractivity (Wildman–Crippen MR) is 103 cm³/mol. The van der Waals surface area contributed by atoms with Gasteiger partial charge in [-0.05, 0) is 86.7 Å². The van der Waals surface area contributed by atoms with Crippen molar-refractivity contribution >= 4 is 0 Å². The number of aryl methyl sites for hydroxylation is 1. The predicted octanol–water partition coefficient (Wildman–Crippen LogP) is 6.28. The summed E-state index contributed by atoms with van der Waals surface area (Å²) >= 11 is 0. The summed E-state index contributed by atoms with van der Waals surface area (Å²) in [5, 5.41) is 0. The Bertz CT molecular complexity index is 619. The Kier molecular flexibility index (Phi) is 6.50. The summed E-state index contributed by atoms with van der Waals surface area (Å²) in [6.07, 6.45) is 11.0. The van der Waals surface area contributed by atoms with Gasteiger partial charge in [-0.15, -0.1) is 6.58 Å². The van der Waals surface area contributed by atoms with Crippen molar-refractivity contribution in [3.63, 3.8) is 0 Å². The van der Waals surface area contributed by atoms with E-state index in [9.17, 15) is 8.78 Å². The molecule has 2 aliphatic rings. The molecule has 26 heavy (non-hydrogen) atoms. The van der Waals surface area contributed by atoms with Crippen LogP contribution in [0.5, 0.6) is 0 Å². The van der Waals surface area contributed by atoms with E-state index in [-0.39, 0.29) is 5.92 Å². The first-order chi connectivity index (χ1) is 12.5. The van der Waals surface area contributed by atoms with Crippen molar-refractivity contribution < 1.29 is 8.78 Å². The fraction of sp³-hybridized carbons (Fsp3) is 0.609. The van der Waals surface area contributed by atoms with Crippen LogP contribution < -0.4 is 5.73 Å². The van der Waals surface area contributed by atoms with Crippen LogP contribution in [0.3, 0.4) is 0 Å². The van der Waals surface area contributed by atoms with Crippen LogP contribution >= 0.6 is 0 Å². The summed E-state index contributed by atoms with van der Waals surface area (Å²) in [6, 6.07) is 3.51. The van der Waals surface area contributed by atoms with E-state index < -0.39 is 11.6 Å². The minimum absolute atomic E-state index is 0.166. The molecule has 2 saturated carbocycles. The molecule has 3 heteroatoms. The number of benzene rings is 1. The molecule has 0 heterocycles. The maximum Gasteiger partial charge on any atom is 0.162 e. The Hall–Kier alpha value is -1.22. The van der Waals surface area contributed by atoms with Crippen LogP contribution in [0.25, 0.3) is 0 Å². The molecular weight excluding hydrogens is 328 g/mol. The highest BCUT2D eigenvalue weighted by molar-refractivity contribution is 5.28.